The van der Waals surface area contributed by atoms with E-state index in [1.807, 2.05) is 19.2 Å². The summed E-state index contributed by atoms with van der Waals surface area (Å²) in [5, 5.41) is 4.04. The average Bonchev–Trinajstić information content (AvgIpc) is 2.37. The van der Waals surface area contributed by atoms with Gasteiger partial charge in [0.05, 0.1) is 0 Å². The van der Waals surface area contributed by atoms with E-state index < -0.39 is 0 Å². The summed E-state index contributed by atoms with van der Waals surface area (Å²) >= 11 is 6.32. The van der Waals surface area contributed by atoms with Crippen LogP contribution in [0.1, 0.15) is 18.9 Å². The van der Waals surface area contributed by atoms with Gasteiger partial charge in [-0.15, -0.1) is 0 Å². The Labute approximate surface area is 122 Å². The van der Waals surface area contributed by atoms with Crippen LogP contribution >= 0.6 is 11.6 Å². The Balaban J connectivity index is 2.82. The van der Waals surface area contributed by atoms with Gasteiger partial charge in [-0.25, -0.2) is 0 Å². The first-order valence-electron chi connectivity index (χ1n) is 6.91. The van der Waals surface area contributed by atoms with Crippen molar-refractivity contribution in [2.24, 2.45) is 0 Å². The molecule has 3 nitrogen and oxygen atoms in total. The number of hydrogen-bond donors (Lipinski definition) is 1. The summed E-state index contributed by atoms with van der Waals surface area (Å²) in [6.07, 6.45) is 1.16. The molecule has 19 heavy (non-hydrogen) atoms. The fourth-order valence-corrected chi connectivity index (χ4v) is 2.46. The first kappa shape index (κ1) is 16.3. The number of anilines is 1. The molecule has 0 saturated heterocycles. The van der Waals surface area contributed by atoms with Gasteiger partial charge in [0.25, 0.3) is 0 Å². The predicted molar refractivity (Wildman–Crippen MR) is 85.3 cm³/mol. The van der Waals surface area contributed by atoms with Gasteiger partial charge in [0, 0.05) is 35.9 Å². The van der Waals surface area contributed by atoms with Gasteiger partial charge in [-0.1, -0.05) is 17.7 Å². The first-order chi connectivity index (χ1) is 9.10. The van der Waals surface area contributed by atoms with Gasteiger partial charge in [-0.2, -0.15) is 0 Å². The molecule has 0 radical (unpaired) electrons. The SMILES string of the molecule is CCN(CCCN(C)C)c1cccc(Cl)c1CNC. The van der Waals surface area contributed by atoms with E-state index in [2.05, 4.69) is 42.2 Å². The highest BCUT2D eigenvalue weighted by Gasteiger charge is 2.12. The lowest BCUT2D eigenvalue weighted by molar-refractivity contribution is 0.400. The molecule has 0 aliphatic rings. The van der Waals surface area contributed by atoms with Crippen molar-refractivity contribution in [3.05, 3.63) is 28.8 Å². The molecular weight excluding hydrogens is 258 g/mol. The highest BCUT2D eigenvalue weighted by Crippen LogP contribution is 2.27. The maximum absolute atomic E-state index is 6.32. The van der Waals surface area contributed by atoms with Crippen molar-refractivity contribution in [1.82, 2.24) is 10.2 Å². The highest BCUT2D eigenvalue weighted by atomic mass is 35.5. The summed E-state index contributed by atoms with van der Waals surface area (Å²) in [4.78, 5) is 4.63. The minimum absolute atomic E-state index is 0.805. The van der Waals surface area contributed by atoms with Crippen molar-refractivity contribution in [1.29, 1.82) is 0 Å². The minimum atomic E-state index is 0.805. The van der Waals surface area contributed by atoms with Crippen molar-refractivity contribution < 1.29 is 0 Å². The Kier molecular flexibility index (Phi) is 7.21. The van der Waals surface area contributed by atoms with Crippen molar-refractivity contribution in [3.8, 4) is 0 Å². The van der Waals surface area contributed by atoms with Gasteiger partial charge in [0.1, 0.15) is 0 Å². The summed E-state index contributed by atoms with van der Waals surface area (Å²) in [5.41, 5.74) is 2.45. The summed E-state index contributed by atoms with van der Waals surface area (Å²) < 4.78 is 0. The molecule has 0 saturated carbocycles. The standard InChI is InChI=1S/C15H26ClN3/c1-5-19(11-7-10-18(3)4)15-9-6-8-14(16)13(15)12-17-2/h6,8-9,17H,5,7,10-12H2,1-4H3. The van der Waals surface area contributed by atoms with Crippen LogP contribution < -0.4 is 10.2 Å². The summed E-state index contributed by atoms with van der Waals surface area (Å²) in [5.74, 6) is 0. The molecule has 0 amide bonds. The van der Waals surface area contributed by atoms with Gasteiger partial charge in [0.2, 0.25) is 0 Å². The van der Waals surface area contributed by atoms with Crippen LogP contribution in [0.3, 0.4) is 0 Å². The van der Waals surface area contributed by atoms with Crippen LogP contribution in [0.4, 0.5) is 5.69 Å². The topological polar surface area (TPSA) is 18.5 Å². The Morgan fingerprint density at radius 2 is 1.95 bits per heavy atom. The van der Waals surface area contributed by atoms with Crippen LogP contribution in [-0.2, 0) is 6.54 Å². The molecule has 0 aliphatic heterocycles. The maximum Gasteiger partial charge on any atom is 0.0471 e. The molecule has 1 aromatic rings. The number of hydrogen-bond acceptors (Lipinski definition) is 3. The molecule has 0 unspecified atom stereocenters. The van der Waals surface area contributed by atoms with Crippen molar-refractivity contribution in [2.75, 3.05) is 45.7 Å². The Hall–Kier alpha value is -0.770. The molecule has 0 spiro atoms. The van der Waals surface area contributed by atoms with Crippen molar-refractivity contribution in [2.45, 2.75) is 19.9 Å². The molecular formula is C15H26ClN3. The molecule has 1 aromatic carbocycles. The van der Waals surface area contributed by atoms with Crippen LogP contribution in [0.2, 0.25) is 5.02 Å². The normalized spacial score (nSPS) is 11.1. The minimum Gasteiger partial charge on any atom is -0.371 e. The second-order valence-corrected chi connectivity index (χ2v) is 5.41. The largest absolute Gasteiger partial charge is 0.371 e. The van der Waals surface area contributed by atoms with Crippen LogP contribution in [0.15, 0.2) is 18.2 Å². The van der Waals surface area contributed by atoms with Crippen LogP contribution in [0, 0.1) is 0 Å². The lowest BCUT2D eigenvalue weighted by Gasteiger charge is -2.27. The molecule has 4 heteroatoms. The van der Waals surface area contributed by atoms with Crippen molar-refractivity contribution in [3.63, 3.8) is 0 Å². The Morgan fingerprint density at radius 3 is 2.53 bits per heavy atom. The van der Waals surface area contributed by atoms with Crippen LogP contribution in [0.5, 0.6) is 0 Å². The van der Waals surface area contributed by atoms with Gasteiger partial charge in [0.15, 0.2) is 0 Å². The number of benzene rings is 1. The van der Waals surface area contributed by atoms with E-state index >= 15 is 0 Å². The number of rotatable bonds is 8. The van der Waals surface area contributed by atoms with E-state index in [4.69, 9.17) is 11.6 Å². The summed E-state index contributed by atoms with van der Waals surface area (Å²) in [6.45, 7) is 6.17. The van der Waals surface area contributed by atoms with Gasteiger partial charge >= 0.3 is 0 Å². The highest BCUT2D eigenvalue weighted by molar-refractivity contribution is 6.31. The molecule has 0 aliphatic carbocycles. The zero-order valence-corrected chi connectivity index (χ0v) is 13.3. The van der Waals surface area contributed by atoms with Gasteiger partial charge in [-0.3, -0.25) is 0 Å². The van der Waals surface area contributed by atoms with Gasteiger partial charge < -0.3 is 15.1 Å². The number of nitrogens with one attached hydrogen (secondary N) is 1. The predicted octanol–water partition coefficient (Wildman–Crippen LogP) is 2.84. The average molecular weight is 284 g/mol. The van der Waals surface area contributed by atoms with E-state index in [1.165, 1.54) is 11.3 Å². The van der Waals surface area contributed by atoms with E-state index in [-0.39, 0.29) is 0 Å². The molecule has 108 valence electrons. The van der Waals surface area contributed by atoms with E-state index in [0.29, 0.717) is 0 Å². The molecule has 1 rings (SSSR count). The number of nitrogens with zero attached hydrogens (tertiary/aromatic N) is 2. The van der Waals surface area contributed by atoms with Gasteiger partial charge in [-0.05, 0) is 53.2 Å². The molecule has 0 heterocycles. The summed E-state index contributed by atoms with van der Waals surface area (Å²) in [6, 6.07) is 6.16. The monoisotopic (exact) mass is 283 g/mol. The smallest absolute Gasteiger partial charge is 0.0471 e. The van der Waals surface area contributed by atoms with E-state index in [9.17, 15) is 0 Å². The second-order valence-electron chi connectivity index (χ2n) is 5.00. The molecule has 0 atom stereocenters. The molecule has 1 N–H and O–H groups in total. The third-order valence-corrected chi connectivity index (χ3v) is 3.56. The van der Waals surface area contributed by atoms with Crippen LogP contribution in [-0.4, -0.2) is 45.7 Å². The lowest BCUT2D eigenvalue weighted by atomic mass is 10.1. The maximum atomic E-state index is 6.32. The second kappa shape index (κ2) is 8.41. The summed E-state index contributed by atoms with van der Waals surface area (Å²) in [7, 11) is 6.18. The Morgan fingerprint density at radius 1 is 1.21 bits per heavy atom. The molecule has 0 fully saturated rings. The third kappa shape index (κ3) is 5.01. The molecule has 0 bridgehead atoms. The number of halogens is 1. The van der Waals surface area contributed by atoms with E-state index in [0.717, 1.165) is 37.6 Å². The quantitative estimate of drug-likeness (QED) is 0.791. The van der Waals surface area contributed by atoms with Crippen LogP contribution in [0.25, 0.3) is 0 Å². The first-order valence-corrected chi connectivity index (χ1v) is 7.29. The van der Waals surface area contributed by atoms with E-state index in [1.54, 1.807) is 0 Å². The zero-order valence-electron chi connectivity index (χ0n) is 12.5. The van der Waals surface area contributed by atoms with Crippen molar-refractivity contribution >= 4 is 17.3 Å². The molecule has 0 aromatic heterocycles. The Bertz CT molecular complexity index is 380. The fraction of sp³-hybridized carbons (Fsp3) is 0.600. The zero-order chi connectivity index (χ0) is 14.3. The lowest BCUT2D eigenvalue weighted by Crippen LogP contribution is -2.28. The third-order valence-electron chi connectivity index (χ3n) is 3.20. The fourth-order valence-electron chi connectivity index (χ4n) is 2.22.